The molecule has 0 aromatic heterocycles. The predicted molar refractivity (Wildman–Crippen MR) is 88.7 cm³/mol. The van der Waals surface area contributed by atoms with Crippen LogP contribution in [-0.2, 0) is 0 Å². The molecule has 0 amide bonds. The van der Waals surface area contributed by atoms with E-state index in [4.69, 9.17) is 10.5 Å². The number of nitrogens with two attached hydrogens (primary N) is 1. The first-order chi connectivity index (χ1) is 10.2. The zero-order valence-electron chi connectivity index (χ0n) is 13.3. The van der Waals surface area contributed by atoms with Gasteiger partial charge in [-0.15, -0.1) is 0 Å². The van der Waals surface area contributed by atoms with Crippen molar-refractivity contribution in [2.75, 3.05) is 17.7 Å². The van der Waals surface area contributed by atoms with Gasteiger partial charge in [0.05, 0.1) is 6.61 Å². The molecule has 1 aromatic rings. The Bertz CT molecular complexity index is 488. The fourth-order valence-corrected chi connectivity index (χ4v) is 4.28. The highest BCUT2D eigenvalue weighted by molar-refractivity contribution is 5.59. The molecule has 21 heavy (non-hydrogen) atoms. The van der Waals surface area contributed by atoms with Crippen LogP contribution >= 0.6 is 0 Å². The van der Waals surface area contributed by atoms with Crippen molar-refractivity contribution in [3.05, 3.63) is 18.2 Å². The molecule has 4 atom stereocenters. The van der Waals surface area contributed by atoms with Gasteiger partial charge in [-0.3, -0.25) is 0 Å². The van der Waals surface area contributed by atoms with Gasteiger partial charge in [0, 0.05) is 29.5 Å². The van der Waals surface area contributed by atoms with Gasteiger partial charge in [-0.25, -0.2) is 0 Å². The highest BCUT2D eigenvalue weighted by Gasteiger charge is 2.41. The molecule has 0 radical (unpaired) electrons. The Morgan fingerprint density at radius 3 is 2.81 bits per heavy atom. The average molecular weight is 288 g/mol. The second-order valence-corrected chi connectivity index (χ2v) is 6.91. The van der Waals surface area contributed by atoms with E-state index in [1.807, 2.05) is 12.1 Å². The largest absolute Gasteiger partial charge is 0.493 e. The van der Waals surface area contributed by atoms with Crippen LogP contribution < -0.4 is 15.8 Å². The van der Waals surface area contributed by atoms with Crippen LogP contribution in [0.4, 0.5) is 11.4 Å². The van der Waals surface area contributed by atoms with Gasteiger partial charge in [-0.2, -0.15) is 0 Å². The summed E-state index contributed by atoms with van der Waals surface area (Å²) >= 11 is 0. The molecule has 0 aliphatic heterocycles. The van der Waals surface area contributed by atoms with E-state index in [0.29, 0.717) is 6.04 Å². The van der Waals surface area contributed by atoms with Crippen LogP contribution in [0.25, 0.3) is 0 Å². The summed E-state index contributed by atoms with van der Waals surface area (Å²) in [6.45, 7) is 5.18. The van der Waals surface area contributed by atoms with Crippen LogP contribution in [-0.4, -0.2) is 12.6 Å². The quantitative estimate of drug-likeness (QED) is 0.767. The summed E-state index contributed by atoms with van der Waals surface area (Å²) in [7, 11) is 0. The Morgan fingerprint density at radius 1 is 1.29 bits per heavy atom. The van der Waals surface area contributed by atoms with Gasteiger partial charge in [0.2, 0.25) is 0 Å². The number of hydrogen-bond donors (Lipinski definition) is 2. The van der Waals surface area contributed by atoms with Crippen LogP contribution in [0.1, 0.15) is 46.0 Å². The van der Waals surface area contributed by atoms with E-state index < -0.39 is 0 Å². The van der Waals surface area contributed by atoms with E-state index in [0.717, 1.165) is 47.9 Å². The number of ether oxygens (including phenoxy) is 1. The SMILES string of the molecule is CCCOc1cc(N)cc(NC(C)C2CC3CCC2C3)c1. The van der Waals surface area contributed by atoms with E-state index in [1.54, 1.807) is 0 Å². The normalized spacial score (nSPS) is 28.6. The molecule has 2 aliphatic carbocycles. The van der Waals surface area contributed by atoms with Gasteiger partial charge in [0.1, 0.15) is 5.75 Å². The van der Waals surface area contributed by atoms with Gasteiger partial charge in [0.15, 0.2) is 0 Å². The van der Waals surface area contributed by atoms with Gasteiger partial charge in [-0.05, 0) is 56.4 Å². The van der Waals surface area contributed by atoms with Crippen molar-refractivity contribution in [3.63, 3.8) is 0 Å². The monoisotopic (exact) mass is 288 g/mol. The molecule has 0 spiro atoms. The molecule has 3 rings (SSSR count). The van der Waals surface area contributed by atoms with E-state index in [2.05, 4.69) is 25.2 Å². The van der Waals surface area contributed by atoms with Crippen LogP contribution in [0.3, 0.4) is 0 Å². The molecule has 2 aliphatic rings. The highest BCUT2D eigenvalue weighted by atomic mass is 16.5. The summed E-state index contributed by atoms with van der Waals surface area (Å²) in [5.74, 6) is 3.63. The number of fused-ring (bicyclic) bond motifs is 2. The number of rotatable bonds is 6. The maximum atomic E-state index is 6.00. The van der Waals surface area contributed by atoms with Crippen molar-refractivity contribution in [1.29, 1.82) is 0 Å². The zero-order chi connectivity index (χ0) is 14.8. The van der Waals surface area contributed by atoms with Crippen LogP contribution in [0, 0.1) is 17.8 Å². The van der Waals surface area contributed by atoms with E-state index >= 15 is 0 Å². The van der Waals surface area contributed by atoms with Gasteiger partial charge >= 0.3 is 0 Å². The molecule has 3 N–H and O–H groups in total. The first-order valence-corrected chi connectivity index (χ1v) is 8.45. The summed E-state index contributed by atoms with van der Waals surface area (Å²) in [5.41, 5.74) is 7.86. The van der Waals surface area contributed by atoms with Crippen LogP contribution in [0.5, 0.6) is 5.75 Å². The number of nitrogens with one attached hydrogen (secondary N) is 1. The highest BCUT2D eigenvalue weighted by Crippen LogP contribution is 2.49. The molecule has 116 valence electrons. The first kappa shape index (κ1) is 14.6. The van der Waals surface area contributed by atoms with E-state index in [-0.39, 0.29) is 0 Å². The van der Waals surface area contributed by atoms with Crippen molar-refractivity contribution in [2.45, 2.75) is 52.0 Å². The predicted octanol–water partition coefficient (Wildman–Crippen LogP) is 4.29. The van der Waals surface area contributed by atoms with E-state index in [9.17, 15) is 0 Å². The van der Waals surface area contributed by atoms with Gasteiger partial charge in [0.25, 0.3) is 0 Å². The fourth-order valence-electron chi connectivity index (χ4n) is 4.28. The summed E-state index contributed by atoms with van der Waals surface area (Å²) in [4.78, 5) is 0. The van der Waals surface area contributed by atoms with E-state index in [1.165, 1.54) is 25.7 Å². The summed E-state index contributed by atoms with van der Waals surface area (Å²) in [6, 6.07) is 6.52. The topological polar surface area (TPSA) is 47.3 Å². The third-order valence-corrected chi connectivity index (χ3v) is 5.23. The minimum atomic E-state index is 0.515. The molecule has 0 saturated heterocycles. The Labute approximate surface area is 128 Å². The number of hydrogen-bond acceptors (Lipinski definition) is 3. The molecular weight excluding hydrogens is 260 g/mol. The Kier molecular flexibility index (Phi) is 4.27. The maximum absolute atomic E-state index is 6.00. The minimum absolute atomic E-state index is 0.515. The molecule has 0 heterocycles. The fraction of sp³-hybridized carbons (Fsp3) is 0.667. The molecule has 1 aromatic carbocycles. The smallest absolute Gasteiger partial charge is 0.123 e. The molecular formula is C18H28N2O. The molecule has 2 fully saturated rings. The first-order valence-electron chi connectivity index (χ1n) is 8.45. The molecule has 2 bridgehead atoms. The Morgan fingerprint density at radius 2 is 2.14 bits per heavy atom. The second-order valence-electron chi connectivity index (χ2n) is 6.91. The lowest BCUT2D eigenvalue weighted by atomic mass is 9.84. The van der Waals surface area contributed by atoms with Crippen LogP contribution in [0.15, 0.2) is 18.2 Å². The summed E-state index contributed by atoms with van der Waals surface area (Å²) < 4.78 is 5.71. The number of anilines is 2. The van der Waals surface area contributed by atoms with Crippen molar-refractivity contribution >= 4 is 11.4 Å². The standard InChI is InChI=1S/C18H28N2O/c1-3-6-21-17-10-15(19)9-16(11-17)20-12(2)18-8-13-4-5-14(18)7-13/h9-14,18,20H,3-8,19H2,1-2H3. The molecule has 4 unspecified atom stereocenters. The zero-order valence-corrected chi connectivity index (χ0v) is 13.3. The molecule has 2 saturated carbocycles. The average Bonchev–Trinajstić information content (AvgIpc) is 3.07. The van der Waals surface area contributed by atoms with Crippen molar-refractivity contribution in [3.8, 4) is 5.75 Å². The lowest BCUT2D eigenvalue weighted by molar-refractivity contribution is 0.304. The third-order valence-electron chi connectivity index (χ3n) is 5.23. The van der Waals surface area contributed by atoms with Crippen molar-refractivity contribution < 1.29 is 4.74 Å². The van der Waals surface area contributed by atoms with Crippen molar-refractivity contribution in [1.82, 2.24) is 0 Å². The molecule has 3 nitrogen and oxygen atoms in total. The van der Waals surface area contributed by atoms with Crippen molar-refractivity contribution in [2.24, 2.45) is 17.8 Å². The Hall–Kier alpha value is -1.38. The lowest BCUT2D eigenvalue weighted by Crippen LogP contribution is -2.29. The Balaban J connectivity index is 1.65. The summed E-state index contributed by atoms with van der Waals surface area (Å²) in [5, 5.41) is 3.67. The van der Waals surface area contributed by atoms with Crippen LogP contribution in [0.2, 0.25) is 0 Å². The second kappa shape index (κ2) is 6.17. The third kappa shape index (κ3) is 3.28. The van der Waals surface area contributed by atoms with Gasteiger partial charge in [-0.1, -0.05) is 13.3 Å². The number of nitrogen functional groups attached to an aromatic ring is 1. The lowest BCUT2D eigenvalue weighted by Gasteiger charge is -2.29. The number of benzene rings is 1. The summed E-state index contributed by atoms with van der Waals surface area (Å²) in [6.07, 6.45) is 6.77. The molecule has 3 heteroatoms. The maximum Gasteiger partial charge on any atom is 0.123 e. The minimum Gasteiger partial charge on any atom is -0.493 e. The van der Waals surface area contributed by atoms with Gasteiger partial charge < -0.3 is 15.8 Å².